The summed E-state index contributed by atoms with van der Waals surface area (Å²) >= 11 is 0. The molecule has 0 spiro atoms. The lowest BCUT2D eigenvalue weighted by Gasteiger charge is -2.24. The molecule has 0 heterocycles. The summed E-state index contributed by atoms with van der Waals surface area (Å²) in [6.45, 7) is 2.29. The topological polar surface area (TPSA) is 37.3 Å². The Bertz CT molecular complexity index is 476. The van der Waals surface area contributed by atoms with Crippen LogP contribution >= 0.6 is 0 Å². The SMILES string of the molecule is CCCCC1(/C=C\C/C=C\C/C=C\C/C=C\CCCC(=O)O)CCCC1. The summed E-state index contributed by atoms with van der Waals surface area (Å²) < 4.78 is 0. The van der Waals surface area contributed by atoms with E-state index in [0.29, 0.717) is 5.41 Å². The number of carboxylic acids is 1. The summed E-state index contributed by atoms with van der Waals surface area (Å²) in [4.78, 5) is 10.4. The van der Waals surface area contributed by atoms with Gasteiger partial charge in [0.15, 0.2) is 0 Å². The van der Waals surface area contributed by atoms with Crippen LogP contribution in [0.4, 0.5) is 0 Å². The van der Waals surface area contributed by atoms with Crippen molar-refractivity contribution >= 4 is 5.97 Å². The zero-order chi connectivity index (χ0) is 18.9. The monoisotopic (exact) mass is 358 g/mol. The van der Waals surface area contributed by atoms with Gasteiger partial charge in [0.25, 0.3) is 0 Å². The average Bonchev–Trinajstić information content (AvgIpc) is 3.09. The Kier molecular flexibility index (Phi) is 12.6. The van der Waals surface area contributed by atoms with Gasteiger partial charge in [-0.05, 0) is 56.8 Å². The average molecular weight is 359 g/mol. The van der Waals surface area contributed by atoms with Crippen molar-refractivity contribution in [2.24, 2.45) is 5.41 Å². The zero-order valence-corrected chi connectivity index (χ0v) is 16.7. The highest BCUT2D eigenvalue weighted by atomic mass is 16.4. The summed E-state index contributed by atoms with van der Waals surface area (Å²) in [5.74, 6) is -0.709. The molecule has 0 amide bonds. The van der Waals surface area contributed by atoms with E-state index in [-0.39, 0.29) is 6.42 Å². The van der Waals surface area contributed by atoms with E-state index in [1.165, 1.54) is 44.9 Å². The molecule has 0 bridgehead atoms. The first-order chi connectivity index (χ1) is 12.7. The molecule has 0 radical (unpaired) electrons. The molecule has 1 aliphatic rings. The lowest BCUT2D eigenvalue weighted by atomic mass is 9.80. The van der Waals surface area contributed by atoms with E-state index in [0.717, 1.165) is 32.1 Å². The molecule has 0 atom stereocenters. The van der Waals surface area contributed by atoms with Crippen molar-refractivity contribution < 1.29 is 9.90 Å². The van der Waals surface area contributed by atoms with Crippen LogP contribution in [0.5, 0.6) is 0 Å². The summed E-state index contributed by atoms with van der Waals surface area (Å²) in [7, 11) is 0. The molecule has 1 N–H and O–H groups in total. The number of hydrogen-bond acceptors (Lipinski definition) is 1. The predicted octanol–water partition coefficient (Wildman–Crippen LogP) is 7.39. The molecular formula is C24H38O2. The minimum atomic E-state index is -0.709. The highest BCUT2D eigenvalue weighted by Crippen LogP contribution is 2.43. The van der Waals surface area contributed by atoms with Crippen molar-refractivity contribution in [3.8, 4) is 0 Å². The molecule has 0 saturated heterocycles. The molecule has 0 aromatic carbocycles. The van der Waals surface area contributed by atoms with Crippen LogP contribution in [-0.2, 0) is 4.79 Å². The van der Waals surface area contributed by atoms with Crippen LogP contribution in [0.15, 0.2) is 48.6 Å². The van der Waals surface area contributed by atoms with E-state index >= 15 is 0 Å². The molecule has 0 aromatic heterocycles. The van der Waals surface area contributed by atoms with Gasteiger partial charge in [-0.1, -0.05) is 81.2 Å². The Morgan fingerprint density at radius 1 is 0.885 bits per heavy atom. The first-order valence-electron chi connectivity index (χ1n) is 10.5. The number of hydrogen-bond donors (Lipinski definition) is 1. The van der Waals surface area contributed by atoms with Crippen molar-refractivity contribution in [1.29, 1.82) is 0 Å². The van der Waals surface area contributed by atoms with Gasteiger partial charge < -0.3 is 5.11 Å². The molecule has 1 aliphatic carbocycles. The second kappa shape index (κ2) is 14.6. The van der Waals surface area contributed by atoms with Crippen molar-refractivity contribution in [1.82, 2.24) is 0 Å². The number of allylic oxidation sites excluding steroid dienone is 8. The molecule has 1 saturated carbocycles. The Morgan fingerprint density at radius 3 is 2.04 bits per heavy atom. The summed E-state index contributed by atoms with van der Waals surface area (Å²) in [5.41, 5.74) is 0.514. The molecule has 2 nitrogen and oxygen atoms in total. The maximum atomic E-state index is 10.4. The van der Waals surface area contributed by atoms with Crippen LogP contribution in [0.25, 0.3) is 0 Å². The van der Waals surface area contributed by atoms with Gasteiger partial charge >= 0.3 is 5.97 Å². The number of carbonyl (C=O) groups is 1. The van der Waals surface area contributed by atoms with Gasteiger partial charge in [-0.2, -0.15) is 0 Å². The van der Waals surface area contributed by atoms with E-state index in [1.807, 2.05) is 0 Å². The maximum Gasteiger partial charge on any atom is 0.303 e. The predicted molar refractivity (Wildman–Crippen MR) is 112 cm³/mol. The fourth-order valence-corrected chi connectivity index (χ4v) is 3.63. The first-order valence-corrected chi connectivity index (χ1v) is 10.5. The van der Waals surface area contributed by atoms with Gasteiger partial charge in [0.1, 0.15) is 0 Å². The molecule has 1 rings (SSSR count). The lowest BCUT2D eigenvalue weighted by Crippen LogP contribution is -2.12. The number of rotatable bonds is 14. The van der Waals surface area contributed by atoms with Gasteiger partial charge in [0.05, 0.1) is 0 Å². The standard InChI is InChI=1S/C24H38O2/c1-2-3-19-24(21-16-17-22-24)20-15-13-11-9-7-5-4-6-8-10-12-14-18-23(25)26/h4-5,8-11,15,20H,2-3,6-7,12-14,16-19,21-22H2,1H3,(H,25,26)/b5-4-,10-8-,11-9-,20-15-. The van der Waals surface area contributed by atoms with Crippen LogP contribution < -0.4 is 0 Å². The summed E-state index contributed by atoms with van der Waals surface area (Å²) in [6.07, 6.45) is 32.4. The Hall–Kier alpha value is -1.57. The second-order valence-electron chi connectivity index (χ2n) is 7.48. The molecule has 146 valence electrons. The maximum absolute atomic E-state index is 10.4. The van der Waals surface area contributed by atoms with Crippen LogP contribution in [0.2, 0.25) is 0 Å². The van der Waals surface area contributed by atoms with Crippen molar-refractivity contribution in [2.45, 2.75) is 90.4 Å². The Labute approximate surface area is 160 Å². The molecule has 0 aromatic rings. The quantitative estimate of drug-likeness (QED) is 0.260. The minimum absolute atomic E-state index is 0.263. The molecule has 2 heteroatoms. The molecule has 0 unspecified atom stereocenters. The van der Waals surface area contributed by atoms with Gasteiger partial charge in [0.2, 0.25) is 0 Å². The highest BCUT2D eigenvalue weighted by molar-refractivity contribution is 5.66. The smallest absolute Gasteiger partial charge is 0.303 e. The van der Waals surface area contributed by atoms with Gasteiger partial charge in [-0.25, -0.2) is 0 Å². The van der Waals surface area contributed by atoms with E-state index < -0.39 is 5.97 Å². The van der Waals surface area contributed by atoms with Crippen LogP contribution in [0.3, 0.4) is 0 Å². The number of unbranched alkanes of at least 4 members (excludes halogenated alkanes) is 2. The van der Waals surface area contributed by atoms with Gasteiger partial charge in [-0.15, -0.1) is 0 Å². The second-order valence-corrected chi connectivity index (χ2v) is 7.48. The molecule has 1 fully saturated rings. The fourth-order valence-electron chi connectivity index (χ4n) is 3.63. The third-order valence-corrected chi connectivity index (χ3v) is 5.18. The van der Waals surface area contributed by atoms with Crippen LogP contribution in [-0.4, -0.2) is 11.1 Å². The number of carboxylic acid groups (broad SMARTS) is 1. The Morgan fingerprint density at radius 2 is 1.46 bits per heavy atom. The summed E-state index contributed by atoms with van der Waals surface area (Å²) in [5, 5.41) is 8.55. The molecule has 26 heavy (non-hydrogen) atoms. The van der Waals surface area contributed by atoms with E-state index in [9.17, 15) is 4.79 Å². The largest absolute Gasteiger partial charge is 0.481 e. The van der Waals surface area contributed by atoms with Crippen LogP contribution in [0, 0.1) is 5.41 Å². The number of aliphatic carboxylic acids is 1. The fraction of sp³-hybridized carbons (Fsp3) is 0.625. The highest BCUT2D eigenvalue weighted by Gasteiger charge is 2.29. The molecular weight excluding hydrogens is 320 g/mol. The van der Waals surface area contributed by atoms with Crippen molar-refractivity contribution in [3.05, 3.63) is 48.6 Å². The van der Waals surface area contributed by atoms with Gasteiger partial charge in [0, 0.05) is 6.42 Å². The first kappa shape index (κ1) is 22.5. The Balaban J connectivity index is 2.11. The van der Waals surface area contributed by atoms with Crippen molar-refractivity contribution in [2.75, 3.05) is 0 Å². The summed E-state index contributed by atoms with van der Waals surface area (Å²) in [6, 6.07) is 0. The molecule has 0 aliphatic heterocycles. The van der Waals surface area contributed by atoms with Crippen LogP contribution in [0.1, 0.15) is 90.4 Å². The van der Waals surface area contributed by atoms with E-state index in [1.54, 1.807) is 0 Å². The third-order valence-electron chi connectivity index (χ3n) is 5.18. The lowest BCUT2D eigenvalue weighted by molar-refractivity contribution is -0.137. The van der Waals surface area contributed by atoms with Gasteiger partial charge in [-0.3, -0.25) is 4.79 Å². The zero-order valence-electron chi connectivity index (χ0n) is 16.7. The normalized spacial score (nSPS) is 17.4. The van der Waals surface area contributed by atoms with E-state index in [4.69, 9.17) is 5.11 Å². The minimum Gasteiger partial charge on any atom is -0.481 e. The van der Waals surface area contributed by atoms with E-state index in [2.05, 4.69) is 55.5 Å². The van der Waals surface area contributed by atoms with Crippen molar-refractivity contribution in [3.63, 3.8) is 0 Å². The third kappa shape index (κ3) is 11.1.